The summed E-state index contributed by atoms with van der Waals surface area (Å²) in [5.41, 5.74) is 5.14. The molecule has 4 heteroatoms. The number of hydrogen-bond acceptors (Lipinski definition) is 2. The van der Waals surface area contributed by atoms with Crippen LogP contribution in [-0.2, 0) is 0 Å². The van der Waals surface area contributed by atoms with Crippen LogP contribution in [0.3, 0.4) is 0 Å². The van der Waals surface area contributed by atoms with E-state index < -0.39 is 0 Å². The average Bonchev–Trinajstić information content (AvgIpc) is 2.12. The van der Waals surface area contributed by atoms with E-state index in [2.05, 4.69) is 69.3 Å². The summed E-state index contributed by atoms with van der Waals surface area (Å²) in [5.74, 6) is 5.53. The summed E-state index contributed by atoms with van der Waals surface area (Å²) in [6.07, 6.45) is 2.09. The first-order valence-electron chi connectivity index (χ1n) is 4.60. The van der Waals surface area contributed by atoms with Crippen LogP contribution in [0.15, 0.2) is 38.8 Å². The molecule has 1 unspecified atom stereocenters. The Kier molecular flexibility index (Phi) is 4.99. The number of hydrogen-bond donors (Lipinski definition) is 2. The van der Waals surface area contributed by atoms with E-state index in [4.69, 9.17) is 5.84 Å². The number of nitrogens with two attached hydrogens (primary N) is 1. The van der Waals surface area contributed by atoms with Crippen LogP contribution in [-0.4, -0.2) is 0 Å². The summed E-state index contributed by atoms with van der Waals surface area (Å²) in [4.78, 5) is 0. The van der Waals surface area contributed by atoms with Gasteiger partial charge in [-0.05, 0) is 37.6 Å². The topological polar surface area (TPSA) is 38.0 Å². The molecular formula is C11H14Br2N2. The van der Waals surface area contributed by atoms with Gasteiger partial charge in [-0.15, -0.1) is 0 Å². The molecule has 1 aromatic rings. The van der Waals surface area contributed by atoms with Gasteiger partial charge in [0.1, 0.15) is 0 Å². The van der Waals surface area contributed by atoms with Crippen LogP contribution in [0.25, 0.3) is 0 Å². The number of rotatable bonds is 3. The summed E-state index contributed by atoms with van der Waals surface area (Å²) >= 11 is 6.91. The van der Waals surface area contributed by atoms with Crippen molar-refractivity contribution in [3.63, 3.8) is 0 Å². The minimum absolute atomic E-state index is 0.0452. The van der Waals surface area contributed by atoms with Crippen molar-refractivity contribution in [1.29, 1.82) is 0 Å². The molecule has 0 aliphatic heterocycles. The number of nitrogens with one attached hydrogen (secondary N) is 1. The van der Waals surface area contributed by atoms with Crippen LogP contribution in [0.4, 0.5) is 0 Å². The van der Waals surface area contributed by atoms with Crippen LogP contribution in [0.5, 0.6) is 0 Å². The summed E-state index contributed by atoms with van der Waals surface area (Å²) in [7, 11) is 0. The van der Waals surface area contributed by atoms with E-state index >= 15 is 0 Å². The zero-order valence-electron chi connectivity index (χ0n) is 8.72. The molecule has 0 heterocycles. The summed E-state index contributed by atoms with van der Waals surface area (Å²) < 4.78 is 2.07. The van der Waals surface area contributed by atoms with Crippen LogP contribution in [0.1, 0.15) is 25.5 Å². The Balaban J connectivity index is 3.07. The van der Waals surface area contributed by atoms with Crippen molar-refractivity contribution >= 4 is 31.9 Å². The minimum Gasteiger partial charge on any atom is -0.271 e. The lowest BCUT2D eigenvalue weighted by molar-refractivity contribution is 0.651. The van der Waals surface area contributed by atoms with Gasteiger partial charge < -0.3 is 0 Å². The molecule has 82 valence electrons. The van der Waals surface area contributed by atoms with Gasteiger partial charge in [-0.1, -0.05) is 43.5 Å². The average molecular weight is 334 g/mol. The molecule has 0 amide bonds. The third kappa shape index (κ3) is 4.07. The molecule has 1 rings (SSSR count). The van der Waals surface area contributed by atoms with Crippen LogP contribution >= 0.6 is 31.9 Å². The second-order valence-electron chi connectivity index (χ2n) is 3.59. The van der Waals surface area contributed by atoms with E-state index in [0.29, 0.717) is 0 Å². The first-order chi connectivity index (χ1) is 7.02. The van der Waals surface area contributed by atoms with Crippen LogP contribution in [0.2, 0.25) is 0 Å². The van der Waals surface area contributed by atoms with E-state index in [9.17, 15) is 0 Å². The predicted molar refractivity (Wildman–Crippen MR) is 71.3 cm³/mol. The molecule has 0 aliphatic carbocycles. The molecule has 15 heavy (non-hydrogen) atoms. The summed E-state index contributed by atoms with van der Waals surface area (Å²) in [6, 6.07) is 6.15. The molecule has 0 aliphatic rings. The van der Waals surface area contributed by atoms with Crippen molar-refractivity contribution in [2.45, 2.75) is 19.9 Å². The zero-order valence-corrected chi connectivity index (χ0v) is 11.9. The molecule has 0 aromatic heterocycles. The van der Waals surface area contributed by atoms with Crippen molar-refractivity contribution < 1.29 is 0 Å². The van der Waals surface area contributed by atoms with Crippen LogP contribution in [0, 0.1) is 0 Å². The van der Waals surface area contributed by atoms with Gasteiger partial charge in [-0.25, -0.2) is 5.43 Å². The fourth-order valence-electron chi connectivity index (χ4n) is 1.33. The highest BCUT2D eigenvalue weighted by atomic mass is 79.9. The predicted octanol–water partition coefficient (Wildman–Crippen LogP) is 3.68. The van der Waals surface area contributed by atoms with Gasteiger partial charge in [0, 0.05) is 8.95 Å². The van der Waals surface area contributed by atoms with Gasteiger partial charge in [0.15, 0.2) is 0 Å². The van der Waals surface area contributed by atoms with Crippen molar-refractivity contribution in [3.05, 3.63) is 44.4 Å². The maximum Gasteiger partial charge on any atom is 0.0643 e. The van der Waals surface area contributed by atoms with Crippen molar-refractivity contribution in [3.8, 4) is 0 Å². The molecule has 1 atom stereocenters. The number of halogens is 2. The SMILES string of the molecule is CC(C)=CC(NN)c1cc(Br)cc(Br)c1. The number of benzene rings is 1. The number of allylic oxidation sites excluding steroid dienone is 1. The molecule has 0 spiro atoms. The van der Waals surface area contributed by atoms with E-state index in [1.165, 1.54) is 5.57 Å². The summed E-state index contributed by atoms with van der Waals surface area (Å²) in [6.45, 7) is 4.11. The lowest BCUT2D eigenvalue weighted by atomic mass is 10.1. The molecule has 1 aromatic carbocycles. The lowest BCUT2D eigenvalue weighted by Gasteiger charge is -2.13. The minimum atomic E-state index is 0.0452. The fourth-order valence-corrected chi connectivity index (χ4v) is 2.66. The molecule has 0 saturated carbocycles. The van der Waals surface area contributed by atoms with Crippen molar-refractivity contribution in [2.24, 2.45) is 5.84 Å². The Morgan fingerprint density at radius 2 is 1.80 bits per heavy atom. The van der Waals surface area contributed by atoms with Gasteiger partial charge >= 0.3 is 0 Å². The standard InChI is InChI=1S/C11H14Br2N2/c1-7(2)3-11(15-14)8-4-9(12)6-10(13)5-8/h3-6,11,15H,14H2,1-2H3. The van der Waals surface area contributed by atoms with E-state index in [0.717, 1.165) is 14.5 Å². The number of hydrazine groups is 1. The highest BCUT2D eigenvalue weighted by Gasteiger charge is 2.07. The molecular weight excluding hydrogens is 320 g/mol. The third-order valence-electron chi connectivity index (χ3n) is 1.92. The molecule has 0 bridgehead atoms. The Morgan fingerprint density at radius 1 is 1.27 bits per heavy atom. The molecule has 3 N–H and O–H groups in total. The first-order valence-corrected chi connectivity index (χ1v) is 6.18. The zero-order chi connectivity index (χ0) is 11.4. The largest absolute Gasteiger partial charge is 0.271 e. The normalized spacial score (nSPS) is 12.3. The second-order valence-corrected chi connectivity index (χ2v) is 5.42. The summed E-state index contributed by atoms with van der Waals surface area (Å²) in [5, 5.41) is 0. The quantitative estimate of drug-likeness (QED) is 0.503. The molecule has 0 fully saturated rings. The maximum atomic E-state index is 5.53. The van der Waals surface area contributed by atoms with E-state index in [1.807, 2.05) is 6.07 Å². The first kappa shape index (κ1) is 12.9. The lowest BCUT2D eigenvalue weighted by Crippen LogP contribution is -2.26. The highest BCUT2D eigenvalue weighted by Crippen LogP contribution is 2.25. The van der Waals surface area contributed by atoms with Crippen molar-refractivity contribution in [2.75, 3.05) is 0 Å². The van der Waals surface area contributed by atoms with Gasteiger partial charge in [0.2, 0.25) is 0 Å². The highest BCUT2D eigenvalue weighted by molar-refractivity contribution is 9.11. The van der Waals surface area contributed by atoms with Gasteiger partial charge in [0.25, 0.3) is 0 Å². The van der Waals surface area contributed by atoms with Crippen molar-refractivity contribution in [1.82, 2.24) is 5.43 Å². The van der Waals surface area contributed by atoms with Crippen LogP contribution < -0.4 is 11.3 Å². The van der Waals surface area contributed by atoms with Gasteiger partial charge in [0.05, 0.1) is 6.04 Å². The van der Waals surface area contributed by atoms with Gasteiger partial charge in [-0.2, -0.15) is 0 Å². The van der Waals surface area contributed by atoms with E-state index in [1.54, 1.807) is 0 Å². The Labute approximate surface area is 107 Å². The second kappa shape index (κ2) is 5.80. The molecule has 0 saturated heterocycles. The molecule has 0 radical (unpaired) electrons. The third-order valence-corrected chi connectivity index (χ3v) is 2.84. The van der Waals surface area contributed by atoms with E-state index in [-0.39, 0.29) is 6.04 Å². The maximum absolute atomic E-state index is 5.53. The van der Waals surface area contributed by atoms with Gasteiger partial charge in [-0.3, -0.25) is 5.84 Å². The smallest absolute Gasteiger partial charge is 0.0643 e. The molecule has 2 nitrogen and oxygen atoms in total. The Bertz CT molecular complexity index is 351. The Morgan fingerprint density at radius 3 is 2.20 bits per heavy atom. The monoisotopic (exact) mass is 332 g/mol. The Hall–Kier alpha value is -0.160. The fraction of sp³-hybridized carbons (Fsp3) is 0.273.